The van der Waals surface area contributed by atoms with Gasteiger partial charge in [0.1, 0.15) is 17.5 Å². The summed E-state index contributed by atoms with van der Waals surface area (Å²) in [4.78, 5) is 30.1. The van der Waals surface area contributed by atoms with Crippen LogP contribution in [0.2, 0.25) is 0 Å². The van der Waals surface area contributed by atoms with Gasteiger partial charge in [0.25, 0.3) is 0 Å². The van der Waals surface area contributed by atoms with E-state index in [4.69, 9.17) is 4.74 Å². The number of carbonyl (C=O) groups is 2. The quantitative estimate of drug-likeness (QED) is 0.299. The summed E-state index contributed by atoms with van der Waals surface area (Å²) in [5, 5.41) is 3.44. The minimum Gasteiger partial charge on any atom is -0.457 e. The lowest BCUT2D eigenvalue weighted by atomic mass is 10.0. The molecule has 32 heavy (non-hydrogen) atoms. The number of carbonyl (C=O) groups excluding carboxylic acids is 2. The van der Waals surface area contributed by atoms with Crippen LogP contribution in [0.4, 0.5) is 5.13 Å². The molecule has 0 fully saturated rings. The van der Waals surface area contributed by atoms with Crippen molar-refractivity contribution in [3.05, 3.63) is 82.3 Å². The molecule has 4 aromatic rings. The van der Waals surface area contributed by atoms with Crippen molar-refractivity contribution in [2.24, 2.45) is 0 Å². The van der Waals surface area contributed by atoms with Crippen LogP contribution in [-0.2, 0) is 4.79 Å². The molecular formula is C24H18IN3O3S. The van der Waals surface area contributed by atoms with Gasteiger partial charge < -0.3 is 14.6 Å². The van der Waals surface area contributed by atoms with E-state index in [1.807, 2.05) is 48.5 Å². The predicted molar refractivity (Wildman–Crippen MR) is 132 cm³/mol. The maximum Gasteiger partial charge on any atom is 0.249 e. The second-order valence-electron chi connectivity index (χ2n) is 7.38. The molecule has 0 radical (unpaired) electrons. The van der Waals surface area contributed by atoms with Gasteiger partial charge in [-0.25, -0.2) is 4.98 Å². The molecule has 0 spiro atoms. The van der Waals surface area contributed by atoms with Crippen LogP contribution in [-0.4, -0.2) is 21.2 Å². The van der Waals surface area contributed by atoms with Crippen LogP contribution in [0.1, 0.15) is 29.4 Å². The molecule has 5 rings (SSSR count). The zero-order chi connectivity index (χ0) is 22.1. The lowest BCUT2D eigenvalue weighted by Crippen LogP contribution is -2.31. The molecule has 2 aromatic heterocycles. The molecule has 1 unspecified atom stereocenters. The third kappa shape index (κ3) is 4.33. The first kappa shape index (κ1) is 20.9. The van der Waals surface area contributed by atoms with E-state index >= 15 is 0 Å². The number of Topliss-reactive ketones (excluding diaryl/α,β-unsaturated/α-hetero) is 1. The number of amides is 1. The Morgan fingerprint density at radius 3 is 2.78 bits per heavy atom. The van der Waals surface area contributed by atoms with Gasteiger partial charge >= 0.3 is 0 Å². The maximum atomic E-state index is 12.8. The van der Waals surface area contributed by atoms with Gasteiger partial charge in [0, 0.05) is 22.4 Å². The van der Waals surface area contributed by atoms with Gasteiger partial charge in [-0.15, -0.1) is 0 Å². The minimum atomic E-state index is -0.400. The van der Waals surface area contributed by atoms with Crippen molar-refractivity contribution < 1.29 is 14.3 Å². The number of fused-ring (bicyclic) bond motifs is 1. The van der Waals surface area contributed by atoms with Crippen molar-refractivity contribution in [1.82, 2.24) is 9.55 Å². The molecule has 8 heteroatoms. The summed E-state index contributed by atoms with van der Waals surface area (Å²) in [5.41, 5.74) is 1.58. The SMILES string of the molecule is O=C1CCC(C(=O)Nc2ncc(-c3ccc(Oc4cccc(I)c4)cc3)s2)n2cccc21. The summed E-state index contributed by atoms with van der Waals surface area (Å²) in [5.74, 6) is 1.47. The first-order valence-electron chi connectivity index (χ1n) is 10.1. The molecule has 3 heterocycles. The fourth-order valence-corrected chi connectivity index (χ4v) is 5.04. The van der Waals surface area contributed by atoms with E-state index in [-0.39, 0.29) is 11.7 Å². The Labute approximate surface area is 202 Å². The summed E-state index contributed by atoms with van der Waals surface area (Å²) in [6.45, 7) is 0. The topological polar surface area (TPSA) is 73.2 Å². The minimum absolute atomic E-state index is 0.0741. The van der Waals surface area contributed by atoms with E-state index in [2.05, 4.69) is 32.9 Å². The maximum absolute atomic E-state index is 12.8. The monoisotopic (exact) mass is 555 g/mol. The number of nitrogens with one attached hydrogen (secondary N) is 1. The number of thiazole rings is 1. The molecule has 0 saturated heterocycles. The van der Waals surface area contributed by atoms with Gasteiger partial charge in [-0.2, -0.15) is 0 Å². The molecule has 0 saturated carbocycles. The number of aromatic nitrogens is 2. The molecule has 160 valence electrons. The van der Waals surface area contributed by atoms with Gasteiger partial charge in [-0.1, -0.05) is 17.4 Å². The molecule has 6 nitrogen and oxygen atoms in total. The lowest BCUT2D eigenvalue weighted by molar-refractivity contribution is -0.119. The Morgan fingerprint density at radius 2 is 1.97 bits per heavy atom. The van der Waals surface area contributed by atoms with Crippen molar-refractivity contribution in [3.8, 4) is 21.9 Å². The highest BCUT2D eigenvalue weighted by Gasteiger charge is 2.29. The highest BCUT2D eigenvalue weighted by Crippen LogP contribution is 2.33. The van der Waals surface area contributed by atoms with E-state index in [0.717, 1.165) is 25.5 Å². The molecular weight excluding hydrogens is 537 g/mol. The van der Waals surface area contributed by atoms with E-state index in [1.165, 1.54) is 11.3 Å². The Balaban J connectivity index is 1.26. The molecule has 1 atom stereocenters. The molecule has 2 aromatic carbocycles. The third-order valence-electron chi connectivity index (χ3n) is 5.25. The Kier molecular flexibility index (Phi) is 5.79. The van der Waals surface area contributed by atoms with E-state index in [9.17, 15) is 9.59 Å². The fraction of sp³-hybridized carbons (Fsp3) is 0.125. The first-order valence-corrected chi connectivity index (χ1v) is 12.0. The van der Waals surface area contributed by atoms with E-state index in [0.29, 0.717) is 23.7 Å². The number of hydrogen-bond acceptors (Lipinski definition) is 5. The van der Waals surface area contributed by atoms with Gasteiger partial charge in [0.05, 0.1) is 10.6 Å². The van der Waals surface area contributed by atoms with Gasteiger partial charge in [-0.3, -0.25) is 9.59 Å². The average molecular weight is 555 g/mol. The first-order chi connectivity index (χ1) is 15.6. The van der Waals surface area contributed by atoms with Gasteiger partial charge in [-0.05, 0) is 89.2 Å². The van der Waals surface area contributed by atoms with Crippen LogP contribution in [0.25, 0.3) is 10.4 Å². The molecule has 1 aliphatic heterocycles. The average Bonchev–Trinajstić information content (AvgIpc) is 3.45. The van der Waals surface area contributed by atoms with Gasteiger partial charge in [0.2, 0.25) is 5.91 Å². The standard InChI is InChI=1S/C24H18IN3O3S/c25-16-3-1-4-18(13-16)31-17-8-6-15(7-9-17)22-14-26-24(32-22)27-23(30)20-10-11-21(29)19-5-2-12-28(19)20/h1-9,12-14,20H,10-11H2,(H,26,27,30). The number of hydrogen-bond donors (Lipinski definition) is 1. The van der Waals surface area contributed by atoms with Crippen LogP contribution < -0.4 is 10.1 Å². The summed E-state index contributed by atoms with van der Waals surface area (Å²) in [7, 11) is 0. The van der Waals surface area contributed by atoms with Crippen LogP contribution in [0.5, 0.6) is 11.5 Å². The van der Waals surface area contributed by atoms with Crippen molar-refractivity contribution in [1.29, 1.82) is 0 Å². The third-order valence-corrected chi connectivity index (χ3v) is 6.89. The zero-order valence-electron chi connectivity index (χ0n) is 16.8. The number of halogens is 1. The second-order valence-corrected chi connectivity index (χ2v) is 9.66. The van der Waals surface area contributed by atoms with E-state index < -0.39 is 6.04 Å². The van der Waals surface area contributed by atoms with E-state index in [1.54, 1.807) is 29.1 Å². The Hall–Kier alpha value is -2.98. The number of rotatable bonds is 5. The van der Waals surface area contributed by atoms with Crippen molar-refractivity contribution in [3.63, 3.8) is 0 Å². The Bertz CT molecular complexity index is 1300. The summed E-state index contributed by atoms with van der Waals surface area (Å²) < 4.78 is 8.77. The van der Waals surface area contributed by atoms with Crippen molar-refractivity contribution >= 4 is 50.7 Å². The number of nitrogens with zero attached hydrogens (tertiary/aromatic N) is 2. The zero-order valence-corrected chi connectivity index (χ0v) is 19.8. The highest BCUT2D eigenvalue weighted by molar-refractivity contribution is 14.1. The molecule has 1 amide bonds. The molecule has 0 aliphatic carbocycles. The molecule has 0 bridgehead atoms. The number of ketones is 1. The van der Waals surface area contributed by atoms with Crippen molar-refractivity contribution in [2.75, 3.05) is 5.32 Å². The summed E-state index contributed by atoms with van der Waals surface area (Å²) >= 11 is 3.67. The highest BCUT2D eigenvalue weighted by atomic mass is 127. The van der Waals surface area contributed by atoms with Crippen LogP contribution >= 0.6 is 33.9 Å². The predicted octanol–water partition coefficient (Wildman–Crippen LogP) is 6.16. The fourth-order valence-electron chi connectivity index (χ4n) is 3.70. The largest absolute Gasteiger partial charge is 0.457 e. The molecule has 1 N–H and O–H groups in total. The van der Waals surface area contributed by atoms with Crippen molar-refractivity contribution in [2.45, 2.75) is 18.9 Å². The van der Waals surface area contributed by atoms with Crippen LogP contribution in [0.3, 0.4) is 0 Å². The van der Waals surface area contributed by atoms with Gasteiger partial charge in [0.15, 0.2) is 10.9 Å². The summed E-state index contributed by atoms with van der Waals surface area (Å²) in [6, 6.07) is 18.8. The Morgan fingerprint density at radius 1 is 1.12 bits per heavy atom. The lowest BCUT2D eigenvalue weighted by Gasteiger charge is -2.24. The second kappa shape index (κ2) is 8.87. The number of ether oxygens (including phenoxy) is 1. The smallest absolute Gasteiger partial charge is 0.249 e. The van der Waals surface area contributed by atoms with Crippen LogP contribution in [0, 0.1) is 3.57 Å². The molecule has 1 aliphatic rings. The summed E-state index contributed by atoms with van der Waals surface area (Å²) in [6.07, 6.45) is 4.40. The number of benzene rings is 2. The number of anilines is 1. The van der Waals surface area contributed by atoms with Crippen LogP contribution in [0.15, 0.2) is 73.1 Å². The normalized spacial score (nSPS) is 15.3.